The van der Waals surface area contributed by atoms with Gasteiger partial charge in [0.1, 0.15) is 0 Å². The summed E-state index contributed by atoms with van der Waals surface area (Å²) in [4.78, 5) is 12.1. The Labute approximate surface area is 116 Å². The van der Waals surface area contributed by atoms with Gasteiger partial charge in [-0.05, 0) is 5.56 Å². The summed E-state index contributed by atoms with van der Waals surface area (Å²) in [6.45, 7) is 4.41. The standard InChI is InChI=1S/C17H19OP/c1-17(2,15-11-7-4-8-12-15)19-13-16(18)14-9-5-3-6-10-14/h3-12,19H,13H2,1-2H3. The van der Waals surface area contributed by atoms with E-state index in [-0.39, 0.29) is 10.9 Å². The molecule has 0 aromatic heterocycles. The van der Waals surface area contributed by atoms with E-state index in [0.29, 0.717) is 14.7 Å². The zero-order valence-corrected chi connectivity index (χ0v) is 12.4. The number of carbonyl (C=O) groups is 1. The first kappa shape index (κ1) is 14.0. The fourth-order valence-electron chi connectivity index (χ4n) is 1.98. The second-order valence-electron chi connectivity index (χ2n) is 5.13. The van der Waals surface area contributed by atoms with Crippen LogP contribution < -0.4 is 0 Å². The number of hydrogen-bond donors (Lipinski definition) is 0. The molecule has 1 atom stereocenters. The van der Waals surface area contributed by atoms with Crippen LogP contribution in [0.5, 0.6) is 0 Å². The molecule has 0 aliphatic carbocycles. The maximum absolute atomic E-state index is 12.1. The Morgan fingerprint density at radius 1 is 0.947 bits per heavy atom. The Bertz CT molecular complexity index is 532. The van der Waals surface area contributed by atoms with Gasteiger partial charge in [0.15, 0.2) is 5.78 Å². The molecule has 2 rings (SSSR count). The summed E-state index contributed by atoms with van der Waals surface area (Å²) in [7, 11) is 0.593. The minimum atomic E-state index is 0.0612. The van der Waals surface area contributed by atoms with E-state index in [1.165, 1.54) is 5.56 Å². The van der Waals surface area contributed by atoms with Gasteiger partial charge in [0.05, 0.1) is 0 Å². The molecule has 0 spiro atoms. The second kappa shape index (κ2) is 6.12. The molecular weight excluding hydrogens is 251 g/mol. The van der Waals surface area contributed by atoms with E-state index in [0.717, 1.165) is 5.56 Å². The number of ketones is 1. The van der Waals surface area contributed by atoms with Crippen LogP contribution in [0.1, 0.15) is 29.8 Å². The molecule has 0 aliphatic heterocycles. The molecule has 98 valence electrons. The molecular formula is C17H19OP. The lowest BCUT2D eigenvalue weighted by Crippen LogP contribution is -2.13. The number of hydrogen-bond acceptors (Lipinski definition) is 1. The maximum atomic E-state index is 12.1. The summed E-state index contributed by atoms with van der Waals surface area (Å²) in [5, 5.41) is 0.0612. The highest BCUT2D eigenvalue weighted by Gasteiger charge is 2.21. The van der Waals surface area contributed by atoms with Crippen LogP contribution >= 0.6 is 8.58 Å². The molecule has 0 saturated carbocycles. The Morgan fingerprint density at radius 2 is 1.47 bits per heavy atom. The van der Waals surface area contributed by atoms with Crippen molar-refractivity contribution < 1.29 is 4.79 Å². The van der Waals surface area contributed by atoms with Crippen molar-refractivity contribution in [1.82, 2.24) is 0 Å². The maximum Gasteiger partial charge on any atom is 0.166 e. The molecule has 0 radical (unpaired) electrons. The van der Waals surface area contributed by atoms with Crippen LogP contribution in [-0.2, 0) is 5.16 Å². The van der Waals surface area contributed by atoms with Crippen molar-refractivity contribution in [2.75, 3.05) is 6.16 Å². The van der Waals surface area contributed by atoms with Crippen molar-refractivity contribution in [2.24, 2.45) is 0 Å². The minimum Gasteiger partial charge on any atom is -0.294 e. The van der Waals surface area contributed by atoms with Crippen molar-refractivity contribution in [3.8, 4) is 0 Å². The second-order valence-corrected chi connectivity index (χ2v) is 7.09. The highest BCUT2D eigenvalue weighted by Crippen LogP contribution is 2.40. The summed E-state index contributed by atoms with van der Waals surface area (Å²) >= 11 is 0. The molecule has 0 amide bonds. The third-order valence-corrected chi connectivity index (χ3v) is 4.95. The fourth-order valence-corrected chi connectivity index (χ4v) is 3.16. The van der Waals surface area contributed by atoms with E-state index in [2.05, 4.69) is 38.1 Å². The first-order valence-corrected chi connectivity index (χ1v) is 7.69. The van der Waals surface area contributed by atoms with Crippen molar-refractivity contribution in [3.63, 3.8) is 0 Å². The van der Waals surface area contributed by atoms with Crippen molar-refractivity contribution >= 4 is 14.4 Å². The van der Waals surface area contributed by atoms with Crippen LogP contribution in [0.3, 0.4) is 0 Å². The van der Waals surface area contributed by atoms with Crippen molar-refractivity contribution in [3.05, 3.63) is 71.8 Å². The lowest BCUT2D eigenvalue weighted by Gasteiger charge is -2.25. The first-order valence-electron chi connectivity index (χ1n) is 6.48. The highest BCUT2D eigenvalue weighted by molar-refractivity contribution is 7.40. The lowest BCUT2D eigenvalue weighted by atomic mass is 10.0. The molecule has 0 heterocycles. The van der Waals surface area contributed by atoms with E-state index < -0.39 is 0 Å². The van der Waals surface area contributed by atoms with Gasteiger partial charge in [0, 0.05) is 16.9 Å². The molecule has 2 aromatic rings. The Hall–Kier alpha value is -1.46. The molecule has 1 unspecified atom stereocenters. The Kier molecular flexibility index (Phi) is 4.50. The van der Waals surface area contributed by atoms with Crippen molar-refractivity contribution in [1.29, 1.82) is 0 Å². The van der Waals surface area contributed by atoms with Gasteiger partial charge in [-0.15, -0.1) is 8.58 Å². The molecule has 19 heavy (non-hydrogen) atoms. The summed E-state index contributed by atoms with van der Waals surface area (Å²) in [6, 6.07) is 20.0. The molecule has 0 N–H and O–H groups in total. The molecule has 0 bridgehead atoms. The minimum absolute atomic E-state index is 0.0612. The van der Waals surface area contributed by atoms with Gasteiger partial charge >= 0.3 is 0 Å². The summed E-state index contributed by atoms with van der Waals surface area (Å²) in [6.07, 6.45) is 0.617. The van der Waals surface area contributed by atoms with E-state index in [1.807, 2.05) is 36.4 Å². The van der Waals surface area contributed by atoms with Crippen molar-refractivity contribution in [2.45, 2.75) is 19.0 Å². The van der Waals surface area contributed by atoms with Crippen LogP contribution in [0, 0.1) is 0 Å². The average Bonchev–Trinajstić information content (AvgIpc) is 2.47. The molecule has 1 nitrogen and oxygen atoms in total. The zero-order chi connectivity index (χ0) is 13.7. The van der Waals surface area contributed by atoms with Gasteiger partial charge in [0.2, 0.25) is 0 Å². The van der Waals surface area contributed by atoms with E-state index >= 15 is 0 Å². The largest absolute Gasteiger partial charge is 0.294 e. The quantitative estimate of drug-likeness (QED) is 0.578. The molecule has 2 heteroatoms. The molecule has 2 aromatic carbocycles. The SMILES string of the molecule is CC(C)(PCC(=O)c1ccccc1)c1ccccc1. The predicted octanol–water partition coefficient (Wildman–Crippen LogP) is 4.48. The predicted molar refractivity (Wildman–Crippen MR) is 83.4 cm³/mol. The summed E-state index contributed by atoms with van der Waals surface area (Å²) < 4.78 is 0. The van der Waals surface area contributed by atoms with Crippen LogP contribution in [-0.4, -0.2) is 11.9 Å². The van der Waals surface area contributed by atoms with Gasteiger partial charge in [0.25, 0.3) is 0 Å². The normalized spacial score (nSPS) is 11.9. The lowest BCUT2D eigenvalue weighted by molar-refractivity contribution is 0.102. The van der Waals surface area contributed by atoms with Crippen LogP contribution in [0.25, 0.3) is 0 Å². The topological polar surface area (TPSA) is 17.1 Å². The zero-order valence-electron chi connectivity index (χ0n) is 11.4. The van der Waals surface area contributed by atoms with Gasteiger partial charge in [-0.1, -0.05) is 74.5 Å². The third kappa shape index (κ3) is 3.75. The first-order chi connectivity index (χ1) is 9.09. The molecule has 0 fully saturated rings. The number of benzene rings is 2. The summed E-state index contributed by atoms with van der Waals surface area (Å²) in [5.41, 5.74) is 2.12. The number of rotatable bonds is 5. The molecule has 0 aliphatic rings. The monoisotopic (exact) mass is 270 g/mol. The van der Waals surface area contributed by atoms with E-state index in [1.54, 1.807) is 0 Å². The van der Waals surface area contributed by atoms with Crippen LogP contribution in [0.15, 0.2) is 60.7 Å². The smallest absolute Gasteiger partial charge is 0.166 e. The van der Waals surface area contributed by atoms with E-state index in [9.17, 15) is 4.79 Å². The number of Topliss-reactive ketones (excluding diaryl/α,β-unsaturated/α-hetero) is 1. The molecule has 0 saturated heterocycles. The summed E-state index contributed by atoms with van der Waals surface area (Å²) in [5.74, 6) is 0.239. The third-order valence-electron chi connectivity index (χ3n) is 3.28. The van der Waals surface area contributed by atoms with Gasteiger partial charge < -0.3 is 0 Å². The average molecular weight is 270 g/mol. The van der Waals surface area contributed by atoms with Gasteiger partial charge in [-0.2, -0.15) is 0 Å². The van der Waals surface area contributed by atoms with E-state index in [4.69, 9.17) is 0 Å². The Morgan fingerprint density at radius 3 is 2.05 bits per heavy atom. The van der Waals surface area contributed by atoms with Crippen LogP contribution in [0.4, 0.5) is 0 Å². The fraction of sp³-hybridized carbons (Fsp3) is 0.235. The Balaban J connectivity index is 2.01. The highest BCUT2D eigenvalue weighted by atomic mass is 31.1. The van der Waals surface area contributed by atoms with Gasteiger partial charge in [-0.3, -0.25) is 4.79 Å². The van der Waals surface area contributed by atoms with Crippen LogP contribution in [0.2, 0.25) is 0 Å². The number of carbonyl (C=O) groups excluding carboxylic acids is 1. The van der Waals surface area contributed by atoms with Gasteiger partial charge in [-0.25, -0.2) is 0 Å².